The molecule has 1 saturated heterocycles. The Bertz CT molecular complexity index is 1970. The summed E-state index contributed by atoms with van der Waals surface area (Å²) in [6.45, 7) is 17.6. The van der Waals surface area contributed by atoms with Gasteiger partial charge in [-0.25, -0.2) is 4.79 Å². The van der Waals surface area contributed by atoms with E-state index in [-0.39, 0.29) is 51.6 Å². The zero-order chi connectivity index (χ0) is 47.7. The van der Waals surface area contributed by atoms with Crippen molar-refractivity contribution in [3.8, 4) is 0 Å². The lowest BCUT2D eigenvalue weighted by molar-refractivity contribution is -0.206. The lowest BCUT2D eigenvalue weighted by Crippen LogP contribution is -2.65. The van der Waals surface area contributed by atoms with Gasteiger partial charge in [0.15, 0.2) is 6.23 Å². The number of fused-ring (bicyclic) bond motifs is 7. The van der Waals surface area contributed by atoms with E-state index in [0.717, 1.165) is 92.6 Å². The summed E-state index contributed by atoms with van der Waals surface area (Å²) in [5.74, 6) is 1.49. The number of unbranched alkanes of at least 4 members (excludes halogenated alkanes) is 13. The van der Waals surface area contributed by atoms with Gasteiger partial charge in [-0.2, -0.15) is 0 Å². The summed E-state index contributed by atoms with van der Waals surface area (Å²) in [5, 5.41) is 40.9. The van der Waals surface area contributed by atoms with Gasteiger partial charge in [-0.3, -0.25) is 18.7 Å². The third-order valence-electron chi connectivity index (χ3n) is 19.9. The van der Waals surface area contributed by atoms with Gasteiger partial charge in [0.25, 0.3) is 5.56 Å². The Hall–Kier alpha value is -2.31. The van der Waals surface area contributed by atoms with Gasteiger partial charge in [0.1, 0.15) is 18.3 Å². The molecule has 1 aromatic heterocycles. The zero-order valence-electron chi connectivity index (χ0n) is 42.2. The first-order valence-corrected chi connectivity index (χ1v) is 26.8. The minimum Gasteiger partial charge on any atom is -0.465 e. The van der Waals surface area contributed by atoms with Crippen LogP contribution in [0, 0.1) is 50.2 Å². The van der Waals surface area contributed by atoms with Crippen molar-refractivity contribution in [2.24, 2.45) is 50.2 Å². The normalized spacial score (nSPS) is 37.8. The molecule has 0 amide bonds. The number of aromatic nitrogens is 2. The first-order valence-electron chi connectivity index (χ1n) is 26.8. The number of hydrogen-bond donors (Lipinski definition) is 4. The molecule has 6 aliphatic rings. The zero-order valence-corrected chi connectivity index (χ0v) is 42.2. The fourth-order valence-corrected chi connectivity index (χ4v) is 15.4. The SMILES string of the molecule is CC1(C)CC[C@]2(C(=O)OCCCCCCCCCCCCCCCCn3c(=O)ccn([C@@H]4O[C@H](CO)[C@@H](O)[C@H]4O)c3=O)CC[C@]3(C)C(=CC[C@@H]4[C@@]5(C)CC[C@H](O)C(C)(C)C5CC[C@]43C)[C@@H]2C1. The Balaban J connectivity index is 0.773. The standard InChI is InChI=1S/C55H90N2O9/c1-50(2)29-31-55(32-30-53(6)38(39(55)36-50)22-23-42-52(5)27-25-43(59)51(3,4)41(52)24-28-54(42,53)7)48(63)65-35-21-19-17-15-13-11-9-8-10-12-14-16-18-20-33-56-44(60)26-34-57(49(56)64)47-46(62)45(61)40(37-58)66-47/h22,26,34,39-43,45-47,58-59,61-62H,8-21,23-25,27-33,35-37H2,1-7H3/t39-,40+,41?,42+,43-,45+,46+,47+,52-,53+,54+,55-/m0/s1. The van der Waals surface area contributed by atoms with Gasteiger partial charge in [0.05, 0.1) is 24.7 Å². The van der Waals surface area contributed by atoms with Crippen molar-refractivity contribution in [3.05, 3.63) is 44.8 Å². The van der Waals surface area contributed by atoms with Gasteiger partial charge in [-0.1, -0.05) is 137 Å². The summed E-state index contributed by atoms with van der Waals surface area (Å²) < 4.78 is 14.1. The Labute approximate surface area is 396 Å². The van der Waals surface area contributed by atoms with Crippen molar-refractivity contribution in [1.29, 1.82) is 0 Å². The Morgan fingerprint density at radius 3 is 1.97 bits per heavy atom. The topological polar surface area (TPSA) is 160 Å². The number of aliphatic hydroxyl groups excluding tert-OH is 4. The summed E-state index contributed by atoms with van der Waals surface area (Å²) >= 11 is 0. The monoisotopic (exact) mass is 923 g/mol. The van der Waals surface area contributed by atoms with Crippen LogP contribution in [0.25, 0.3) is 0 Å². The molecule has 0 spiro atoms. The highest BCUT2D eigenvalue weighted by molar-refractivity contribution is 5.78. The van der Waals surface area contributed by atoms with Crippen molar-refractivity contribution < 1.29 is 34.7 Å². The fraction of sp³-hybridized carbons (Fsp3) is 0.873. The van der Waals surface area contributed by atoms with Crippen LogP contribution in [0.1, 0.15) is 209 Å². The molecule has 0 aromatic carbocycles. The molecule has 66 heavy (non-hydrogen) atoms. The maximum atomic E-state index is 14.4. The van der Waals surface area contributed by atoms with Crippen molar-refractivity contribution >= 4 is 5.97 Å². The van der Waals surface area contributed by atoms with Crippen LogP contribution in [0.15, 0.2) is 33.5 Å². The molecule has 4 N–H and O–H groups in total. The number of hydrogen-bond acceptors (Lipinski definition) is 9. The summed E-state index contributed by atoms with van der Waals surface area (Å²) in [7, 11) is 0. The highest BCUT2D eigenvalue weighted by atomic mass is 16.6. The molecule has 0 bridgehead atoms. The molecule has 1 aromatic rings. The second kappa shape index (κ2) is 20.6. The van der Waals surface area contributed by atoms with Crippen molar-refractivity contribution in [1.82, 2.24) is 9.13 Å². The van der Waals surface area contributed by atoms with E-state index in [0.29, 0.717) is 24.9 Å². The van der Waals surface area contributed by atoms with E-state index >= 15 is 0 Å². The molecule has 11 heteroatoms. The van der Waals surface area contributed by atoms with Crippen LogP contribution < -0.4 is 11.2 Å². The third kappa shape index (κ3) is 9.62. The van der Waals surface area contributed by atoms with Gasteiger partial charge in [-0.15, -0.1) is 0 Å². The highest BCUT2D eigenvalue weighted by Gasteiger charge is 2.69. The molecule has 5 fully saturated rings. The van der Waals surface area contributed by atoms with Crippen LogP contribution in [0.4, 0.5) is 0 Å². The Morgan fingerprint density at radius 2 is 1.35 bits per heavy atom. The van der Waals surface area contributed by atoms with Crippen LogP contribution in [0.3, 0.4) is 0 Å². The summed E-state index contributed by atoms with van der Waals surface area (Å²) in [6.07, 6.45) is 25.2. The lowest BCUT2D eigenvalue weighted by Gasteiger charge is -2.71. The molecular weight excluding hydrogens is 833 g/mol. The average molecular weight is 923 g/mol. The van der Waals surface area contributed by atoms with E-state index < -0.39 is 47.8 Å². The summed E-state index contributed by atoms with van der Waals surface area (Å²) in [4.78, 5) is 39.9. The second-order valence-corrected chi connectivity index (χ2v) is 24.6. The molecule has 0 radical (unpaired) electrons. The number of esters is 1. The first-order chi connectivity index (χ1) is 31.3. The smallest absolute Gasteiger partial charge is 0.333 e. The maximum absolute atomic E-state index is 14.4. The van der Waals surface area contributed by atoms with E-state index in [1.807, 2.05) is 0 Å². The number of carbonyl (C=O) groups is 1. The Kier molecular flexibility index (Phi) is 16.1. The first kappa shape index (κ1) is 51.5. The quantitative estimate of drug-likeness (QED) is 0.0567. The van der Waals surface area contributed by atoms with E-state index in [2.05, 4.69) is 54.5 Å². The molecule has 11 nitrogen and oxygen atoms in total. The average Bonchev–Trinajstić information content (AvgIpc) is 3.56. The van der Waals surface area contributed by atoms with Gasteiger partial charge in [0.2, 0.25) is 0 Å². The molecule has 7 rings (SSSR count). The van der Waals surface area contributed by atoms with Gasteiger partial charge < -0.3 is 29.9 Å². The van der Waals surface area contributed by atoms with Crippen LogP contribution >= 0.6 is 0 Å². The molecule has 1 unspecified atom stereocenters. The van der Waals surface area contributed by atoms with Crippen LogP contribution in [0.5, 0.6) is 0 Å². The van der Waals surface area contributed by atoms with E-state index in [4.69, 9.17) is 9.47 Å². The van der Waals surface area contributed by atoms with Crippen molar-refractivity contribution in [2.75, 3.05) is 13.2 Å². The Morgan fingerprint density at radius 1 is 0.742 bits per heavy atom. The van der Waals surface area contributed by atoms with Crippen LogP contribution in [-0.4, -0.2) is 73.2 Å². The van der Waals surface area contributed by atoms with E-state index in [1.54, 1.807) is 5.57 Å². The fourth-order valence-electron chi connectivity index (χ4n) is 15.4. The van der Waals surface area contributed by atoms with Gasteiger partial charge >= 0.3 is 11.7 Å². The minimum absolute atomic E-state index is 0.0543. The molecule has 2 heterocycles. The largest absolute Gasteiger partial charge is 0.465 e. The number of nitrogens with zero attached hydrogens (tertiary/aromatic N) is 2. The minimum atomic E-state index is -1.38. The number of ether oxygens (including phenoxy) is 2. The number of aliphatic hydroxyl groups is 4. The molecule has 4 saturated carbocycles. The molecule has 374 valence electrons. The predicted molar refractivity (Wildman–Crippen MR) is 259 cm³/mol. The molecule has 1 aliphatic heterocycles. The highest BCUT2D eigenvalue weighted by Crippen LogP contribution is 2.76. The number of carbonyl (C=O) groups excluding carboxylic acids is 1. The molecule has 5 aliphatic carbocycles. The maximum Gasteiger partial charge on any atom is 0.333 e. The van der Waals surface area contributed by atoms with Crippen molar-refractivity contribution in [2.45, 2.75) is 240 Å². The number of rotatable bonds is 20. The second-order valence-electron chi connectivity index (χ2n) is 24.6. The van der Waals surface area contributed by atoms with E-state index in [9.17, 15) is 34.8 Å². The van der Waals surface area contributed by atoms with Gasteiger partial charge in [-0.05, 0) is 122 Å². The third-order valence-corrected chi connectivity index (χ3v) is 19.9. The van der Waals surface area contributed by atoms with E-state index in [1.165, 1.54) is 76.5 Å². The van der Waals surface area contributed by atoms with Gasteiger partial charge in [0, 0.05) is 18.8 Å². The van der Waals surface area contributed by atoms with Crippen LogP contribution in [0.2, 0.25) is 0 Å². The molecule has 12 atom stereocenters. The predicted octanol–water partition coefficient (Wildman–Crippen LogP) is 9.79. The van der Waals surface area contributed by atoms with Crippen LogP contribution in [-0.2, 0) is 20.8 Å². The molecular formula is C55H90N2O9. The summed E-state index contributed by atoms with van der Waals surface area (Å²) in [5.41, 5.74) is 0.856. The van der Waals surface area contributed by atoms with Crippen molar-refractivity contribution in [3.63, 3.8) is 0 Å². The summed E-state index contributed by atoms with van der Waals surface area (Å²) in [6, 6.07) is 1.27. The number of allylic oxidation sites excluding steroid dienone is 2. The lowest BCUT2D eigenvalue weighted by atomic mass is 9.33.